The molecule has 1 N–H and O–H groups in total. The van der Waals surface area contributed by atoms with Crippen LogP contribution in [0.15, 0.2) is 52.3 Å². The highest BCUT2D eigenvalue weighted by Gasteiger charge is 2.28. The summed E-state index contributed by atoms with van der Waals surface area (Å²) in [5, 5.41) is 2.99. The fourth-order valence-corrected chi connectivity index (χ4v) is 4.08. The molecule has 0 saturated carbocycles. The van der Waals surface area contributed by atoms with Crippen molar-refractivity contribution >= 4 is 35.1 Å². The molecule has 2 aromatic rings. The molecule has 1 aliphatic heterocycles. The van der Waals surface area contributed by atoms with Crippen LogP contribution in [0.4, 0.5) is 5.69 Å². The first kappa shape index (κ1) is 14.5. The van der Waals surface area contributed by atoms with Crippen LogP contribution >= 0.6 is 23.5 Å². The number of anilines is 1. The minimum atomic E-state index is -0.0259. The van der Waals surface area contributed by atoms with Crippen molar-refractivity contribution in [1.82, 2.24) is 0 Å². The largest absolute Gasteiger partial charge is 0.325 e. The number of carbonyl (C=O) groups excluding carboxylic acids is 1. The van der Waals surface area contributed by atoms with Gasteiger partial charge in [-0.25, -0.2) is 0 Å². The van der Waals surface area contributed by atoms with Gasteiger partial charge in [-0.1, -0.05) is 17.7 Å². The molecule has 2 aromatic carbocycles. The van der Waals surface area contributed by atoms with E-state index < -0.39 is 0 Å². The van der Waals surface area contributed by atoms with Gasteiger partial charge >= 0.3 is 0 Å². The van der Waals surface area contributed by atoms with Crippen LogP contribution in [-0.4, -0.2) is 17.4 Å². The van der Waals surface area contributed by atoms with Crippen molar-refractivity contribution in [2.75, 3.05) is 11.6 Å². The number of hydrogen-bond donors (Lipinski definition) is 1. The van der Waals surface area contributed by atoms with Crippen LogP contribution in [0.3, 0.4) is 0 Å². The Kier molecular flexibility index (Phi) is 4.27. The smallest absolute Gasteiger partial charge is 0.238 e. The molecular weight excluding hydrogens is 298 g/mol. The van der Waals surface area contributed by atoms with E-state index >= 15 is 0 Å². The van der Waals surface area contributed by atoms with Gasteiger partial charge in [0.15, 0.2) is 0 Å². The highest BCUT2D eigenvalue weighted by atomic mass is 32.2. The van der Waals surface area contributed by atoms with E-state index in [1.807, 2.05) is 30.5 Å². The Hall–Kier alpha value is -1.39. The molecule has 0 aromatic heterocycles. The minimum absolute atomic E-state index is 0.0259. The predicted molar refractivity (Wildman–Crippen MR) is 91.4 cm³/mol. The van der Waals surface area contributed by atoms with E-state index in [0.29, 0.717) is 0 Å². The van der Waals surface area contributed by atoms with Crippen LogP contribution in [0.25, 0.3) is 0 Å². The Morgan fingerprint density at radius 1 is 1.24 bits per heavy atom. The summed E-state index contributed by atoms with van der Waals surface area (Å²) in [5.41, 5.74) is 3.39. The van der Waals surface area contributed by atoms with Crippen molar-refractivity contribution in [3.8, 4) is 0 Å². The zero-order chi connectivity index (χ0) is 14.8. The summed E-state index contributed by atoms with van der Waals surface area (Å²) in [6.45, 7) is 2.08. The quantitative estimate of drug-likeness (QED) is 0.853. The van der Waals surface area contributed by atoms with Gasteiger partial charge in [0.1, 0.15) is 0 Å². The zero-order valence-corrected chi connectivity index (χ0v) is 13.7. The van der Waals surface area contributed by atoms with Crippen molar-refractivity contribution < 1.29 is 4.79 Å². The fourth-order valence-electron chi connectivity index (χ4n) is 2.38. The third kappa shape index (κ3) is 3.27. The van der Waals surface area contributed by atoms with Crippen LogP contribution in [0, 0.1) is 6.92 Å². The van der Waals surface area contributed by atoms with E-state index in [0.717, 1.165) is 12.1 Å². The molecular formula is C17H17NOS2. The molecule has 4 heteroatoms. The SMILES string of the molecule is CSc1ccc(NC(=O)C2Cc3ccc(C)cc3S2)cc1. The number of thioether (sulfide) groups is 2. The van der Waals surface area contributed by atoms with Gasteiger partial charge in [0.2, 0.25) is 5.91 Å². The summed E-state index contributed by atoms with van der Waals surface area (Å²) in [6, 6.07) is 14.4. The molecule has 1 aliphatic rings. The van der Waals surface area contributed by atoms with Gasteiger partial charge < -0.3 is 5.32 Å². The van der Waals surface area contributed by atoms with E-state index in [1.165, 1.54) is 20.9 Å². The van der Waals surface area contributed by atoms with Gasteiger partial charge in [0.05, 0.1) is 5.25 Å². The third-order valence-corrected chi connectivity index (χ3v) is 5.59. The lowest BCUT2D eigenvalue weighted by Crippen LogP contribution is -2.24. The van der Waals surface area contributed by atoms with Gasteiger partial charge in [0, 0.05) is 15.5 Å². The summed E-state index contributed by atoms with van der Waals surface area (Å²) >= 11 is 3.37. The molecule has 1 atom stereocenters. The van der Waals surface area contributed by atoms with Gasteiger partial charge in [-0.3, -0.25) is 4.79 Å². The molecule has 0 fully saturated rings. The van der Waals surface area contributed by atoms with Gasteiger partial charge in [-0.2, -0.15) is 0 Å². The van der Waals surface area contributed by atoms with Crippen molar-refractivity contribution in [1.29, 1.82) is 0 Å². The lowest BCUT2D eigenvalue weighted by molar-refractivity contribution is -0.115. The molecule has 3 rings (SSSR count). The van der Waals surface area contributed by atoms with E-state index in [2.05, 4.69) is 30.4 Å². The normalized spacial score (nSPS) is 16.6. The van der Waals surface area contributed by atoms with Gasteiger partial charge in [0.25, 0.3) is 0 Å². The highest BCUT2D eigenvalue weighted by molar-refractivity contribution is 8.01. The van der Waals surface area contributed by atoms with Crippen molar-refractivity contribution in [3.63, 3.8) is 0 Å². The molecule has 0 aliphatic carbocycles. The number of rotatable bonds is 3. The van der Waals surface area contributed by atoms with Crippen molar-refractivity contribution in [2.24, 2.45) is 0 Å². The Balaban J connectivity index is 1.67. The summed E-state index contributed by atoms with van der Waals surface area (Å²) < 4.78 is 0. The third-order valence-electron chi connectivity index (χ3n) is 3.55. The predicted octanol–water partition coefficient (Wildman–Crippen LogP) is 4.37. The maximum Gasteiger partial charge on any atom is 0.238 e. The number of aryl methyl sites for hydroxylation is 1. The van der Waals surface area contributed by atoms with Crippen LogP contribution < -0.4 is 5.32 Å². The monoisotopic (exact) mass is 315 g/mol. The number of nitrogens with one attached hydrogen (secondary N) is 1. The molecule has 0 saturated heterocycles. The van der Waals surface area contributed by atoms with Crippen LogP contribution in [0.2, 0.25) is 0 Å². The minimum Gasteiger partial charge on any atom is -0.325 e. The standard InChI is InChI=1S/C17H17NOS2/c1-11-3-4-12-10-16(21-15(12)9-11)17(19)18-13-5-7-14(20-2)8-6-13/h3-9,16H,10H2,1-2H3,(H,18,19). The second-order valence-electron chi connectivity index (χ2n) is 5.14. The molecule has 2 nitrogen and oxygen atoms in total. The van der Waals surface area contributed by atoms with Crippen LogP contribution in [0.5, 0.6) is 0 Å². The Morgan fingerprint density at radius 2 is 2.00 bits per heavy atom. The highest BCUT2D eigenvalue weighted by Crippen LogP contribution is 2.38. The second kappa shape index (κ2) is 6.16. The molecule has 0 bridgehead atoms. The Labute approximate surface area is 133 Å². The number of amides is 1. The first-order valence-corrected chi connectivity index (χ1v) is 8.97. The summed E-state index contributed by atoms with van der Waals surface area (Å²) in [7, 11) is 0. The Morgan fingerprint density at radius 3 is 2.71 bits per heavy atom. The summed E-state index contributed by atoms with van der Waals surface area (Å²) in [6.07, 6.45) is 2.86. The van der Waals surface area contributed by atoms with Crippen LogP contribution in [0.1, 0.15) is 11.1 Å². The summed E-state index contributed by atoms with van der Waals surface area (Å²) in [4.78, 5) is 14.8. The maximum absolute atomic E-state index is 12.4. The zero-order valence-electron chi connectivity index (χ0n) is 12.1. The lowest BCUT2D eigenvalue weighted by Gasteiger charge is -2.10. The topological polar surface area (TPSA) is 29.1 Å². The molecule has 1 unspecified atom stereocenters. The second-order valence-corrected chi connectivity index (χ2v) is 7.26. The molecule has 108 valence electrons. The average Bonchev–Trinajstić information content (AvgIpc) is 2.91. The van der Waals surface area contributed by atoms with E-state index in [1.54, 1.807) is 23.5 Å². The summed E-state index contributed by atoms with van der Waals surface area (Å²) in [5.74, 6) is 0.0887. The average molecular weight is 315 g/mol. The van der Waals surface area contributed by atoms with Crippen LogP contribution in [-0.2, 0) is 11.2 Å². The molecule has 1 heterocycles. The molecule has 0 spiro atoms. The van der Waals surface area contributed by atoms with E-state index in [9.17, 15) is 4.79 Å². The van der Waals surface area contributed by atoms with Gasteiger partial charge in [-0.05, 0) is 55.5 Å². The van der Waals surface area contributed by atoms with Gasteiger partial charge in [-0.15, -0.1) is 23.5 Å². The van der Waals surface area contributed by atoms with E-state index in [-0.39, 0.29) is 11.2 Å². The van der Waals surface area contributed by atoms with Crippen molar-refractivity contribution in [2.45, 2.75) is 28.4 Å². The maximum atomic E-state index is 12.4. The molecule has 1 amide bonds. The molecule has 21 heavy (non-hydrogen) atoms. The fraction of sp³-hybridized carbons (Fsp3) is 0.235. The first-order chi connectivity index (χ1) is 10.2. The molecule has 0 radical (unpaired) electrons. The number of benzene rings is 2. The number of fused-ring (bicyclic) bond motifs is 1. The van der Waals surface area contributed by atoms with E-state index in [4.69, 9.17) is 0 Å². The van der Waals surface area contributed by atoms with Crippen molar-refractivity contribution in [3.05, 3.63) is 53.6 Å². The number of hydrogen-bond acceptors (Lipinski definition) is 3. The lowest BCUT2D eigenvalue weighted by atomic mass is 10.1. The number of carbonyl (C=O) groups is 1. The Bertz CT molecular complexity index is 667. The first-order valence-electron chi connectivity index (χ1n) is 6.87.